The molecule has 2 N–H and O–H groups in total. The number of carboxylic acid groups (broad SMARTS) is 1. The molecule has 1 aliphatic heterocycles. The maximum atomic E-state index is 12.1. The van der Waals surface area contributed by atoms with Crippen LogP contribution >= 0.6 is 11.8 Å². The van der Waals surface area contributed by atoms with Crippen LogP contribution in [-0.4, -0.2) is 52.6 Å². The van der Waals surface area contributed by atoms with Crippen LogP contribution in [0.3, 0.4) is 0 Å². The molecule has 0 bridgehead atoms. The molecule has 114 valence electrons. The topological polar surface area (TPSA) is 69.6 Å². The molecule has 0 radical (unpaired) electrons. The van der Waals surface area contributed by atoms with Crippen LogP contribution in [0, 0.1) is 0 Å². The second-order valence-electron chi connectivity index (χ2n) is 5.06. The number of urea groups is 1. The maximum Gasteiger partial charge on any atom is 0.335 e. The van der Waals surface area contributed by atoms with E-state index in [-0.39, 0.29) is 12.1 Å². The molecular formula is C15H20N2O3S. The first kappa shape index (κ1) is 15.7. The number of carbonyl (C=O) groups is 2. The SMILES string of the molecule is CC1CSCCN1C(=O)NCCc1ccccc1C(=O)O. The number of carboxylic acids is 1. The van der Waals surface area contributed by atoms with Crippen molar-refractivity contribution in [1.82, 2.24) is 10.2 Å². The van der Waals surface area contributed by atoms with Crippen LogP contribution in [0.1, 0.15) is 22.8 Å². The van der Waals surface area contributed by atoms with E-state index < -0.39 is 5.97 Å². The van der Waals surface area contributed by atoms with Gasteiger partial charge < -0.3 is 15.3 Å². The Morgan fingerprint density at radius 2 is 2.19 bits per heavy atom. The normalized spacial score (nSPS) is 18.3. The van der Waals surface area contributed by atoms with Gasteiger partial charge in [0.25, 0.3) is 0 Å². The summed E-state index contributed by atoms with van der Waals surface area (Å²) in [5, 5.41) is 12.0. The van der Waals surface area contributed by atoms with E-state index in [2.05, 4.69) is 5.32 Å². The molecule has 1 fully saturated rings. The molecule has 1 aliphatic rings. The lowest BCUT2D eigenvalue weighted by molar-refractivity contribution is 0.0695. The van der Waals surface area contributed by atoms with Crippen molar-refractivity contribution >= 4 is 23.8 Å². The number of benzene rings is 1. The van der Waals surface area contributed by atoms with E-state index in [4.69, 9.17) is 5.11 Å². The van der Waals surface area contributed by atoms with Crippen LogP contribution in [0.15, 0.2) is 24.3 Å². The summed E-state index contributed by atoms with van der Waals surface area (Å²) in [6.07, 6.45) is 0.519. The van der Waals surface area contributed by atoms with Gasteiger partial charge in [0.05, 0.1) is 5.56 Å². The van der Waals surface area contributed by atoms with Gasteiger partial charge in [-0.05, 0) is 25.0 Å². The fraction of sp³-hybridized carbons (Fsp3) is 0.467. The van der Waals surface area contributed by atoms with E-state index in [9.17, 15) is 9.59 Å². The molecule has 0 aromatic heterocycles. The Morgan fingerprint density at radius 1 is 1.43 bits per heavy atom. The van der Waals surface area contributed by atoms with Gasteiger partial charge in [-0.15, -0.1) is 0 Å². The van der Waals surface area contributed by atoms with Gasteiger partial charge in [0.1, 0.15) is 0 Å². The number of nitrogens with one attached hydrogen (secondary N) is 1. The van der Waals surface area contributed by atoms with Crippen molar-refractivity contribution < 1.29 is 14.7 Å². The molecule has 1 heterocycles. The Kier molecular flexibility index (Phi) is 5.50. The average molecular weight is 308 g/mol. The molecule has 2 rings (SSSR count). The zero-order chi connectivity index (χ0) is 15.2. The van der Waals surface area contributed by atoms with Crippen LogP contribution in [0.5, 0.6) is 0 Å². The number of amides is 2. The zero-order valence-electron chi connectivity index (χ0n) is 12.0. The van der Waals surface area contributed by atoms with E-state index >= 15 is 0 Å². The molecule has 6 heteroatoms. The molecular weight excluding hydrogens is 288 g/mol. The molecule has 0 saturated carbocycles. The van der Waals surface area contributed by atoms with E-state index in [0.29, 0.717) is 18.5 Å². The second kappa shape index (κ2) is 7.36. The first-order chi connectivity index (χ1) is 10.1. The summed E-state index contributed by atoms with van der Waals surface area (Å²) in [6.45, 7) is 3.26. The quantitative estimate of drug-likeness (QED) is 0.893. The monoisotopic (exact) mass is 308 g/mol. The summed E-state index contributed by atoms with van der Waals surface area (Å²) in [5.41, 5.74) is 1.04. The van der Waals surface area contributed by atoms with Crippen LogP contribution < -0.4 is 5.32 Å². The van der Waals surface area contributed by atoms with Crippen molar-refractivity contribution in [2.24, 2.45) is 0 Å². The highest BCUT2D eigenvalue weighted by atomic mass is 32.2. The third kappa shape index (κ3) is 4.14. The number of carbonyl (C=O) groups excluding carboxylic acids is 1. The predicted molar refractivity (Wildman–Crippen MR) is 84.0 cm³/mol. The third-order valence-electron chi connectivity index (χ3n) is 3.55. The van der Waals surface area contributed by atoms with Crippen molar-refractivity contribution in [3.05, 3.63) is 35.4 Å². The first-order valence-electron chi connectivity index (χ1n) is 7.03. The Morgan fingerprint density at radius 3 is 2.90 bits per heavy atom. The van der Waals surface area contributed by atoms with Gasteiger partial charge in [-0.2, -0.15) is 11.8 Å². The van der Waals surface area contributed by atoms with Gasteiger partial charge in [-0.1, -0.05) is 18.2 Å². The van der Waals surface area contributed by atoms with Crippen LogP contribution in [0.4, 0.5) is 4.79 Å². The summed E-state index contributed by atoms with van der Waals surface area (Å²) < 4.78 is 0. The number of thioether (sulfide) groups is 1. The fourth-order valence-corrected chi connectivity index (χ4v) is 3.39. The van der Waals surface area contributed by atoms with Crippen molar-refractivity contribution in [2.75, 3.05) is 24.6 Å². The number of hydrogen-bond donors (Lipinski definition) is 2. The Bertz CT molecular complexity index is 521. The van der Waals surface area contributed by atoms with E-state index in [1.54, 1.807) is 18.2 Å². The Hall–Kier alpha value is -1.69. The van der Waals surface area contributed by atoms with Gasteiger partial charge in [-0.25, -0.2) is 9.59 Å². The van der Waals surface area contributed by atoms with Gasteiger partial charge in [0, 0.05) is 30.6 Å². The van der Waals surface area contributed by atoms with E-state index in [1.807, 2.05) is 29.7 Å². The summed E-state index contributed by atoms with van der Waals surface area (Å²) in [5.74, 6) is 1.01. The first-order valence-corrected chi connectivity index (χ1v) is 8.18. The summed E-state index contributed by atoms with van der Waals surface area (Å²) in [6, 6.07) is 7.08. The molecule has 1 aromatic carbocycles. The molecule has 1 atom stereocenters. The van der Waals surface area contributed by atoms with Crippen LogP contribution in [0.25, 0.3) is 0 Å². The van der Waals surface area contributed by atoms with Gasteiger partial charge in [0.15, 0.2) is 0 Å². The number of hydrogen-bond acceptors (Lipinski definition) is 3. The average Bonchev–Trinajstić information content (AvgIpc) is 2.48. The molecule has 0 spiro atoms. The lowest BCUT2D eigenvalue weighted by Gasteiger charge is -2.33. The summed E-state index contributed by atoms with van der Waals surface area (Å²) in [4.78, 5) is 25.1. The number of nitrogens with zero attached hydrogens (tertiary/aromatic N) is 1. The van der Waals surface area contributed by atoms with Crippen LogP contribution in [-0.2, 0) is 6.42 Å². The molecule has 1 saturated heterocycles. The van der Waals surface area contributed by atoms with Gasteiger partial charge in [-0.3, -0.25) is 0 Å². The largest absolute Gasteiger partial charge is 0.478 e. The Labute approximate surface area is 128 Å². The minimum absolute atomic E-state index is 0.0596. The predicted octanol–water partition coefficient (Wildman–Crippen LogP) is 2.07. The minimum Gasteiger partial charge on any atom is -0.478 e. The second-order valence-corrected chi connectivity index (χ2v) is 6.21. The molecule has 2 amide bonds. The molecule has 1 aromatic rings. The highest BCUT2D eigenvalue weighted by Gasteiger charge is 2.23. The van der Waals surface area contributed by atoms with Crippen molar-refractivity contribution in [1.29, 1.82) is 0 Å². The smallest absolute Gasteiger partial charge is 0.335 e. The maximum absolute atomic E-state index is 12.1. The number of aromatic carboxylic acids is 1. The molecule has 5 nitrogen and oxygen atoms in total. The standard InChI is InChI=1S/C15H20N2O3S/c1-11-10-21-9-8-17(11)15(20)16-7-6-12-4-2-3-5-13(12)14(18)19/h2-5,11H,6-10H2,1H3,(H,16,20)(H,18,19). The molecule has 0 aliphatic carbocycles. The van der Waals surface area contributed by atoms with Gasteiger partial charge in [0.2, 0.25) is 0 Å². The summed E-state index contributed by atoms with van der Waals surface area (Å²) in [7, 11) is 0. The van der Waals surface area contributed by atoms with Crippen molar-refractivity contribution in [3.8, 4) is 0 Å². The lowest BCUT2D eigenvalue weighted by atomic mass is 10.0. The fourth-order valence-electron chi connectivity index (χ4n) is 2.38. The van der Waals surface area contributed by atoms with Gasteiger partial charge >= 0.3 is 12.0 Å². The third-order valence-corrected chi connectivity index (χ3v) is 4.74. The minimum atomic E-state index is -0.932. The van der Waals surface area contributed by atoms with E-state index in [1.165, 1.54) is 0 Å². The van der Waals surface area contributed by atoms with E-state index in [0.717, 1.165) is 23.6 Å². The molecule has 1 unspecified atom stereocenters. The lowest BCUT2D eigenvalue weighted by Crippen LogP contribution is -2.49. The molecule has 21 heavy (non-hydrogen) atoms. The number of rotatable bonds is 4. The zero-order valence-corrected chi connectivity index (χ0v) is 12.9. The van der Waals surface area contributed by atoms with Crippen LogP contribution in [0.2, 0.25) is 0 Å². The highest BCUT2D eigenvalue weighted by Crippen LogP contribution is 2.15. The highest BCUT2D eigenvalue weighted by molar-refractivity contribution is 7.99. The van der Waals surface area contributed by atoms with Crippen molar-refractivity contribution in [3.63, 3.8) is 0 Å². The van der Waals surface area contributed by atoms with Crippen molar-refractivity contribution in [2.45, 2.75) is 19.4 Å². The Balaban J connectivity index is 1.87. The summed E-state index contributed by atoms with van der Waals surface area (Å²) >= 11 is 1.86.